The van der Waals surface area contributed by atoms with Crippen molar-refractivity contribution in [1.82, 2.24) is 9.88 Å². The molecule has 3 aromatic rings. The molecule has 4 rings (SSSR count). The topological polar surface area (TPSA) is 42.4 Å². The van der Waals surface area contributed by atoms with Crippen molar-refractivity contribution in [2.75, 3.05) is 19.7 Å². The molecule has 1 unspecified atom stereocenters. The maximum atomic E-state index is 12.7. The minimum absolute atomic E-state index is 0.0588. The molecule has 1 atom stereocenters. The molecule has 1 aliphatic rings. The Kier molecular flexibility index (Phi) is 5.12. The highest BCUT2D eigenvalue weighted by Gasteiger charge is 2.27. The van der Waals surface area contributed by atoms with Crippen LogP contribution in [0.4, 0.5) is 0 Å². The smallest absolute Gasteiger partial charge is 0.260 e. The Morgan fingerprint density at radius 2 is 1.96 bits per heavy atom. The summed E-state index contributed by atoms with van der Waals surface area (Å²) in [5, 5.41) is 1.14. The van der Waals surface area contributed by atoms with Crippen molar-refractivity contribution >= 4 is 27.5 Å². The third-order valence-corrected chi connectivity index (χ3v) is 6.38. The predicted octanol–water partition coefficient (Wildman–Crippen LogP) is 4.70. The first kappa shape index (κ1) is 18.0. The summed E-state index contributed by atoms with van der Waals surface area (Å²) in [7, 11) is 0. The van der Waals surface area contributed by atoms with Gasteiger partial charge in [-0.3, -0.25) is 4.79 Å². The molecule has 1 saturated heterocycles. The van der Waals surface area contributed by atoms with E-state index in [1.807, 2.05) is 49.1 Å². The highest BCUT2D eigenvalue weighted by atomic mass is 32.1. The maximum Gasteiger partial charge on any atom is 0.260 e. The van der Waals surface area contributed by atoms with Gasteiger partial charge in [0.2, 0.25) is 0 Å². The number of carbonyl (C=O) groups excluding carboxylic acids is 1. The second kappa shape index (κ2) is 7.69. The minimum Gasteiger partial charge on any atom is -0.483 e. The standard InChI is InChI=1S/C22H24N2O2S/c1-15-7-5-8-16(2)21(15)26-14-20(25)24-12-6-9-17(13-24)22-23-18-10-3-4-11-19(18)27-22/h3-5,7-8,10-11,17H,6,9,12-14H2,1-2H3. The fourth-order valence-corrected chi connectivity index (χ4v) is 4.82. The maximum absolute atomic E-state index is 12.7. The number of amides is 1. The Morgan fingerprint density at radius 1 is 1.19 bits per heavy atom. The lowest BCUT2D eigenvalue weighted by Crippen LogP contribution is -2.41. The normalized spacial score (nSPS) is 17.3. The molecule has 4 nitrogen and oxygen atoms in total. The molecule has 1 amide bonds. The molecule has 1 aromatic heterocycles. The van der Waals surface area contributed by atoms with E-state index in [-0.39, 0.29) is 12.5 Å². The van der Waals surface area contributed by atoms with Crippen LogP contribution in [0.25, 0.3) is 10.2 Å². The number of fused-ring (bicyclic) bond motifs is 1. The van der Waals surface area contributed by atoms with Gasteiger partial charge in [-0.1, -0.05) is 30.3 Å². The zero-order valence-corrected chi connectivity index (χ0v) is 16.6. The Morgan fingerprint density at radius 3 is 2.74 bits per heavy atom. The second-order valence-corrected chi connectivity index (χ2v) is 8.27. The number of benzene rings is 2. The van der Waals surface area contributed by atoms with Crippen molar-refractivity contribution in [1.29, 1.82) is 0 Å². The zero-order valence-electron chi connectivity index (χ0n) is 15.8. The first-order valence-electron chi connectivity index (χ1n) is 9.44. The highest BCUT2D eigenvalue weighted by Crippen LogP contribution is 2.33. The molecule has 27 heavy (non-hydrogen) atoms. The van der Waals surface area contributed by atoms with Crippen LogP contribution in [0.1, 0.15) is 34.9 Å². The van der Waals surface area contributed by atoms with Crippen molar-refractivity contribution in [3.8, 4) is 5.75 Å². The minimum atomic E-state index is 0.0588. The van der Waals surface area contributed by atoms with Crippen molar-refractivity contribution in [2.45, 2.75) is 32.6 Å². The van der Waals surface area contributed by atoms with Crippen molar-refractivity contribution in [3.05, 3.63) is 58.6 Å². The molecular formula is C22H24N2O2S. The number of para-hydroxylation sites is 2. The number of ether oxygens (including phenoxy) is 1. The number of nitrogens with zero attached hydrogens (tertiary/aromatic N) is 2. The lowest BCUT2D eigenvalue weighted by molar-refractivity contribution is -0.134. The Labute approximate surface area is 163 Å². The Hall–Kier alpha value is -2.40. The van der Waals surface area contributed by atoms with E-state index in [4.69, 9.17) is 9.72 Å². The van der Waals surface area contributed by atoms with Crippen LogP contribution >= 0.6 is 11.3 Å². The highest BCUT2D eigenvalue weighted by molar-refractivity contribution is 7.18. The third kappa shape index (κ3) is 3.83. The van der Waals surface area contributed by atoms with Gasteiger partial charge in [-0.05, 0) is 49.9 Å². The summed E-state index contributed by atoms with van der Waals surface area (Å²) in [5.41, 5.74) is 3.18. The van der Waals surface area contributed by atoms with Gasteiger partial charge < -0.3 is 9.64 Å². The van der Waals surface area contributed by atoms with Crippen LogP contribution in [0.2, 0.25) is 0 Å². The van der Waals surface area contributed by atoms with E-state index in [0.717, 1.165) is 53.3 Å². The molecule has 0 bridgehead atoms. The number of thiazole rings is 1. The number of hydrogen-bond donors (Lipinski definition) is 0. The summed E-state index contributed by atoms with van der Waals surface area (Å²) in [6.45, 7) is 5.65. The van der Waals surface area contributed by atoms with E-state index in [0.29, 0.717) is 5.92 Å². The summed E-state index contributed by atoms with van der Waals surface area (Å²) in [5.74, 6) is 1.20. The van der Waals surface area contributed by atoms with E-state index < -0.39 is 0 Å². The Balaban J connectivity index is 1.42. The van der Waals surface area contributed by atoms with Gasteiger partial charge in [0.25, 0.3) is 5.91 Å². The molecule has 1 fully saturated rings. The molecule has 140 valence electrons. The third-order valence-electron chi connectivity index (χ3n) is 5.18. The van der Waals surface area contributed by atoms with E-state index in [1.54, 1.807) is 11.3 Å². The van der Waals surface area contributed by atoms with E-state index in [2.05, 4.69) is 12.1 Å². The second-order valence-electron chi connectivity index (χ2n) is 7.21. The number of hydrogen-bond acceptors (Lipinski definition) is 4. The van der Waals surface area contributed by atoms with E-state index >= 15 is 0 Å². The van der Waals surface area contributed by atoms with Gasteiger partial charge in [-0.15, -0.1) is 11.3 Å². The quantitative estimate of drug-likeness (QED) is 0.659. The van der Waals surface area contributed by atoms with Gasteiger partial charge in [0.15, 0.2) is 6.61 Å². The largest absolute Gasteiger partial charge is 0.483 e. The SMILES string of the molecule is Cc1cccc(C)c1OCC(=O)N1CCCC(c2nc3ccccc3s2)C1. The van der Waals surface area contributed by atoms with Gasteiger partial charge in [-0.25, -0.2) is 4.98 Å². The summed E-state index contributed by atoms with van der Waals surface area (Å²) >= 11 is 1.75. The van der Waals surface area contributed by atoms with Crippen LogP contribution in [0, 0.1) is 13.8 Å². The summed E-state index contributed by atoms with van der Waals surface area (Å²) in [6.07, 6.45) is 2.09. The molecule has 0 saturated carbocycles. The first-order valence-corrected chi connectivity index (χ1v) is 10.3. The van der Waals surface area contributed by atoms with Crippen LogP contribution in [0.5, 0.6) is 5.75 Å². The molecule has 2 aromatic carbocycles. The van der Waals surface area contributed by atoms with Crippen LogP contribution < -0.4 is 4.74 Å². The average Bonchev–Trinajstić information content (AvgIpc) is 3.12. The van der Waals surface area contributed by atoms with Crippen LogP contribution in [0.15, 0.2) is 42.5 Å². The summed E-state index contributed by atoms with van der Waals surface area (Å²) < 4.78 is 7.08. The van der Waals surface area contributed by atoms with Gasteiger partial charge in [0.1, 0.15) is 5.75 Å². The fourth-order valence-electron chi connectivity index (χ4n) is 3.72. The van der Waals surface area contributed by atoms with Gasteiger partial charge >= 0.3 is 0 Å². The van der Waals surface area contributed by atoms with Gasteiger partial charge in [-0.2, -0.15) is 0 Å². The number of carbonyl (C=O) groups is 1. The molecule has 0 N–H and O–H groups in total. The van der Waals surface area contributed by atoms with Crippen LogP contribution in [-0.2, 0) is 4.79 Å². The van der Waals surface area contributed by atoms with Crippen LogP contribution in [0.3, 0.4) is 0 Å². The van der Waals surface area contributed by atoms with Crippen molar-refractivity contribution in [3.63, 3.8) is 0 Å². The molecule has 0 radical (unpaired) electrons. The molecule has 2 heterocycles. The lowest BCUT2D eigenvalue weighted by atomic mass is 9.99. The number of aromatic nitrogens is 1. The number of likely N-dealkylation sites (tertiary alicyclic amines) is 1. The lowest BCUT2D eigenvalue weighted by Gasteiger charge is -2.31. The molecule has 1 aliphatic heterocycles. The monoisotopic (exact) mass is 380 g/mol. The molecule has 0 aliphatic carbocycles. The van der Waals surface area contributed by atoms with Crippen molar-refractivity contribution in [2.24, 2.45) is 0 Å². The zero-order chi connectivity index (χ0) is 18.8. The molecule has 0 spiro atoms. The van der Waals surface area contributed by atoms with Gasteiger partial charge in [0.05, 0.1) is 15.2 Å². The molecular weight excluding hydrogens is 356 g/mol. The number of aryl methyl sites for hydroxylation is 2. The first-order chi connectivity index (χ1) is 13.1. The average molecular weight is 381 g/mol. The van der Waals surface area contributed by atoms with Gasteiger partial charge in [0, 0.05) is 19.0 Å². The number of piperidine rings is 1. The fraction of sp³-hybridized carbons (Fsp3) is 0.364. The predicted molar refractivity (Wildman–Crippen MR) is 110 cm³/mol. The molecule has 5 heteroatoms. The van der Waals surface area contributed by atoms with Crippen LogP contribution in [-0.4, -0.2) is 35.5 Å². The van der Waals surface area contributed by atoms with Crippen molar-refractivity contribution < 1.29 is 9.53 Å². The summed E-state index contributed by atoms with van der Waals surface area (Å²) in [6, 6.07) is 14.3. The van der Waals surface area contributed by atoms with E-state index in [9.17, 15) is 4.79 Å². The number of rotatable bonds is 4. The van der Waals surface area contributed by atoms with E-state index in [1.165, 1.54) is 4.70 Å². The Bertz CT molecular complexity index is 913. The summed E-state index contributed by atoms with van der Waals surface area (Å²) in [4.78, 5) is 19.5.